The molecule has 0 bridgehead atoms. The maximum atomic E-state index is 12.0. The summed E-state index contributed by atoms with van der Waals surface area (Å²) in [6.07, 6.45) is 2.80. The van der Waals surface area contributed by atoms with Crippen LogP contribution in [-0.4, -0.2) is 61.6 Å². The fraction of sp³-hybridized carbons (Fsp3) is 0.522. The van der Waals surface area contributed by atoms with E-state index in [1.165, 1.54) is 31.5 Å². The van der Waals surface area contributed by atoms with Crippen LogP contribution < -0.4 is 10.1 Å². The minimum atomic E-state index is -0.0803. The van der Waals surface area contributed by atoms with Gasteiger partial charge in [0.2, 0.25) is 5.91 Å². The number of nitrogens with one attached hydrogen (secondary N) is 1. The molecule has 0 radical (unpaired) electrons. The maximum absolute atomic E-state index is 12.0. The largest absolute Gasteiger partial charge is 0.489 e. The summed E-state index contributed by atoms with van der Waals surface area (Å²) in [6, 6.07) is 10.9. The molecule has 1 aromatic heterocycles. The van der Waals surface area contributed by atoms with Crippen LogP contribution in [-0.2, 0) is 17.8 Å². The van der Waals surface area contributed by atoms with Crippen LogP contribution in [0.15, 0.2) is 41.1 Å². The Morgan fingerprint density at radius 1 is 1.31 bits per heavy atom. The number of hydrogen-bond acceptors (Lipinski definition) is 5. The van der Waals surface area contributed by atoms with Gasteiger partial charge in [0.05, 0.1) is 13.0 Å². The minimum Gasteiger partial charge on any atom is -0.489 e. The number of rotatable bonds is 9. The molecule has 1 N–H and O–H groups in total. The number of thiophene rings is 1. The van der Waals surface area contributed by atoms with Crippen molar-refractivity contribution in [3.63, 3.8) is 0 Å². The third-order valence-corrected chi connectivity index (χ3v) is 6.24. The smallest absolute Gasteiger partial charge is 0.224 e. The summed E-state index contributed by atoms with van der Waals surface area (Å²) in [5.74, 6) is 0.895. The van der Waals surface area contributed by atoms with Gasteiger partial charge in [-0.3, -0.25) is 9.69 Å². The standard InChI is InChI=1S/C23H33N3O2S/c1-18(15-24-23(27)14-20-9-12-29-17-20)28-22-6-4-5-19(13-22)16-26(3)21-7-10-25(2)11-8-21/h4-6,9,12-13,17-18,21H,7-8,10-11,14-16H2,1-3H3,(H,24,27)/t18-/m0/s1. The lowest BCUT2D eigenvalue weighted by molar-refractivity contribution is -0.120. The van der Waals surface area contributed by atoms with Crippen molar-refractivity contribution in [1.82, 2.24) is 15.1 Å². The van der Waals surface area contributed by atoms with E-state index in [9.17, 15) is 4.79 Å². The van der Waals surface area contributed by atoms with Crippen molar-refractivity contribution in [2.24, 2.45) is 0 Å². The van der Waals surface area contributed by atoms with Gasteiger partial charge >= 0.3 is 0 Å². The first-order valence-corrected chi connectivity index (χ1v) is 11.4. The number of nitrogens with zero attached hydrogens (tertiary/aromatic N) is 2. The number of piperidine rings is 1. The zero-order chi connectivity index (χ0) is 20.6. The Labute approximate surface area is 178 Å². The van der Waals surface area contributed by atoms with Crippen LogP contribution in [0.3, 0.4) is 0 Å². The summed E-state index contributed by atoms with van der Waals surface area (Å²) in [7, 11) is 4.41. The summed E-state index contributed by atoms with van der Waals surface area (Å²) in [5.41, 5.74) is 2.32. The Morgan fingerprint density at radius 3 is 2.83 bits per heavy atom. The van der Waals surface area contributed by atoms with E-state index < -0.39 is 0 Å². The number of carbonyl (C=O) groups is 1. The monoisotopic (exact) mass is 415 g/mol. The van der Waals surface area contributed by atoms with Crippen molar-refractivity contribution in [3.8, 4) is 5.75 Å². The van der Waals surface area contributed by atoms with Crippen LogP contribution >= 0.6 is 11.3 Å². The van der Waals surface area contributed by atoms with Crippen LogP contribution in [0.1, 0.15) is 30.9 Å². The van der Waals surface area contributed by atoms with Gasteiger partial charge < -0.3 is 15.0 Å². The summed E-state index contributed by atoms with van der Waals surface area (Å²) >= 11 is 1.61. The van der Waals surface area contributed by atoms with E-state index in [4.69, 9.17) is 4.74 Å². The highest BCUT2D eigenvalue weighted by atomic mass is 32.1. The van der Waals surface area contributed by atoms with E-state index in [2.05, 4.69) is 47.4 Å². The van der Waals surface area contributed by atoms with E-state index in [-0.39, 0.29) is 12.0 Å². The molecule has 1 fully saturated rings. The van der Waals surface area contributed by atoms with Crippen molar-refractivity contribution in [3.05, 3.63) is 52.2 Å². The average Bonchev–Trinajstić information content (AvgIpc) is 3.20. The van der Waals surface area contributed by atoms with E-state index in [1.807, 2.05) is 29.8 Å². The Morgan fingerprint density at radius 2 is 2.10 bits per heavy atom. The van der Waals surface area contributed by atoms with Crippen LogP contribution in [0, 0.1) is 0 Å². The fourth-order valence-electron chi connectivity index (χ4n) is 3.74. The minimum absolute atomic E-state index is 0.0346. The van der Waals surface area contributed by atoms with Gasteiger partial charge in [-0.25, -0.2) is 0 Å². The topological polar surface area (TPSA) is 44.8 Å². The molecule has 0 spiro atoms. The Kier molecular flexibility index (Phi) is 8.09. The summed E-state index contributed by atoms with van der Waals surface area (Å²) in [6.45, 7) is 5.77. The van der Waals surface area contributed by atoms with Gasteiger partial charge in [-0.2, -0.15) is 11.3 Å². The molecule has 2 heterocycles. The Balaban J connectivity index is 1.44. The molecule has 0 saturated carbocycles. The van der Waals surface area contributed by atoms with Gasteiger partial charge in [0.25, 0.3) is 0 Å². The van der Waals surface area contributed by atoms with Gasteiger partial charge in [-0.05, 0) is 87.0 Å². The first-order chi connectivity index (χ1) is 14.0. The molecule has 1 aromatic carbocycles. The van der Waals surface area contributed by atoms with Gasteiger partial charge in [0.1, 0.15) is 11.9 Å². The molecule has 5 nitrogen and oxygen atoms in total. The van der Waals surface area contributed by atoms with Crippen LogP contribution in [0.25, 0.3) is 0 Å². The lowest BCUT2D eigenvalue weighted by Gasteiger charge is -2.35. The maximum Gasteiger partial charge on any atom is 0.224 e. The summed E-state index contributed by atoms with van der Waals surface area (Å²) in [5, 5.41) is 6.96. The SMILES string of the molecule is C[C@@H](CNC(=O)Cc1ccsc1)Oc1cccc(CN(C)C2CCN(C)CC2)c1. The molecule has 1 aliphatic rings. The van der Waals surface area contributed by atoms with Crippen molar-refractivity contribution in [2.45, 2.75) is 44.9 Å². The molecule has 1 atom stereocenters. The van der Waals surface area contributed by atoms with Gasteiger partial charge in [0.15, 0.2) is 0 Å². The van der Waals surface area contributed by atoms with E-state index in [0.29, 0.717) is 19.0 Å². The summed E-state index contributed by atoms with van der Waals surface area (Å²) < 4.78 is 6.04. The van der Waals surface area contributed by atoms with Crippen molar-refractivity contribution < 1.29 is 9.53 Å². The van der Waals surface area contributed by atoms with Crippen molar-refractivity contribution in [1.29, 1.82) is 0 Å². The molecule has 158 valence electrons. The molecular formula is C23H33N3O2S. The number of benzene rings is 1. The van der Waals surface area contributed by atoms with Crippen molar-refractivity contribution in [2.75, 3.05) is 33.7 Å². The highest BCUT2D eigenvalue weighted by Crippen LogP contribution is 2.20. The zero-order valence-corrected chi connectivity index (χ0v) is 18.6. The number of likely N-dealkylation sites (tertiary alicyclic amines) is 1. The highest BCUT2D eigenvalue weighted by molar-refractivity contribution is 7.08. The molecule has 1 amide bonds. The Hall–Kier alpha value is -1.89. The lowest BCUT2D eigenvalue weighted by Crippen LogP contribution is -2.41. The summed E-state index contributed by atoms with van der Waals surface area (Å²) in [4.78, 5) is 16.9. The van der Waals surface area contributed by atoms with Gasteiger partial charge in [0, 0.05) is 12.6 Å². The van der Waals surface area contributed by atoms with Crippen LogP contribution in [0.5, 0.6) is 5.75 Å². The number of amides is 1. The van der Waals surface area contributed by atoms with Crippen molar-refractivity contribution >= 4 is 17.2 Å². The molecule has 2 aromatic rings. The second-order valence-electron chi connectivity index (χ2n) is 8.14. The number of hydrogen-bond donors (Lipinski definition) is 1. The quantitative estimate of drug-likeness (QED) is 0.682. The molecule has 3 rings (SSSR count). The average molecular weight is 416 g/mol. The number of carbonyl (C=O) groups excluding carboxylic acids is 1. The molecule has 0 unspecified atom stereocenters. The molecule has 1 aliphatic heterocycles. The third-order valence-electron chi connectivity index (χ3n) is 5.51. The van der Waals surface area contributed by atoms with E-state index in [1.54, 1.807) is 11.3 Å². The molecule has 1 saturated heterocycles. The predicted octanol–water partition coefficient (Wildman–Crippen LogP) is 3.40. The first kappa shape index (κ1) is 21.8. The second kappa shape index (κ2) is 10.8. The fourth-order valence-corrected chi connectivity index (χ4v) is 4.41. The predicted molar refractivity (Wildman–Crippen MR) is 120 cm³/mol. The van der Waals surface area contributed by atoms with E-state index >= 15 is 0 Å². The molecule has 29 heavy (non-hydrogen) atoms. The lowest BCUT2D eigenvalue weighted by atomic mass is 10.0. The van der Waals surface area contributed by atoms with Crippen LogP contribution in [0.4, 0.5) is 0 Å². The Bertz CT molecular complexity index is 757. The molecule has 6 heteroatoms. The zero-order valence-electron chi connectivity index (χ0n) is 17.8. The molecule has 0 aliphatic carbocycles. The van der Waals surface area contributed by atoms with Gasteiger partial charge in [-0.15, -0.1) is 0 Å². The van der Waals surface area contributed by atoms with Crippen LogP contribution in [0.2, 0.25) is 0 Å². The number of ether oxygens (including phenoxy) is 1. The first-order valence-electron chi connectivity index (χ1n) is 10.4. The van der Waals surface area contributed by atoms with Gasteiger partial charge in [-0.1, -0.05) is 12.1 Å². The second-order valence-corrected chi connectivity index (χ2v) is 8.92. The highest BCUT2D eigenvalue weighted by Gasteiger charge is 2.20. The normalized spacial score (nSPS) is 16.7. The third kappa shape index (κ3) is 7.14. The van der Waals surface area contributed by atoms with E-state index in [0.717, 1.165) is 17.9 Å². The molecular weight excluding hydrogens is 382 g/mol.